The summed E-state index contributed by atoms with van der Waals surface area (Å²) in [6.45, 7) is 4.36. The highest BCUT2D eigenvalue weighted by atomic mass is 32.2. The van der Waals surface area contributed by atoms with E-state index in [0.29, 0.717) is 11.4 Å². The molecule has 0 aliphatic carbocycles. The van der Waals surface area contributed by atoms with Crippen molar-refractivity contribution < 1.29 is 8.42 Å². The molecule has 0 fully saturated rings. The summed E-state index contributed by atoms with van der Waals surface area (Å²) in [7, 11) is -3.50. The fraction of sp³-hybridized carbons (Fsp3) is 0.222. The number of hydrogen-bond acceptors (Lipinski definition) is 2. The molecular formula is C18H19NO2S. The van der Waals surface area contributed by atoms with E-state index in [1.54, 1.807) is 16.4 Å². The van der Waals surface area contributed by atoms with Gasteiger partial charge in [0.15, 0.2) is 0 Å². The van der Waals surface area contributed by atoms with Gasteiger partial charge in [-0.2, -0.15) is 4.31 Å². The fourth-order valence-corrected chi connectivity index (χ4v) is 4.41. The number of aryl methyl sites for hydroxylation is 1. The molecule has 0 saturated carbocycles. The molecule has 3 rings (SSSR count). The average molecular weight is 313 g/mol. The van der Waals surface area contributed by atoms with Crippen LogP contribution in [0, 0.1) is 6.92 Å². The molecule has 0 aromatic heterocycles. The van der Waals surface area contributed by atoms with E-state index in [-0.39, 0.29) is 6.04 Å². The summed E-state index contributed by atoms with van der Waals surface area (Å²) in [5.41, 5.74) is 3.13. The second kappa shape index (κ2) is 5.71. The lowest BCUT2D eigenvalue weighted by atomic mass is 10.0. The van der Waals surface area contributed by atoms with Gasteiger partial charge in [-0.25, -0.2) is 8.42 Å². The Balaban J connectivity index is 2.02. The number of hydrogen-bond donors (Lipinski definition) is 0. The lowest BCUT2D eigenvalue weighted by Gasteiger charge is -2.26. The first-order valence-electron chi connectivity index (χ1n) is 7.30. The van der Waals surface area contributed by atoms with E-state index in [1.165, 1.54) is 0 Å². The van der Waals surface area contributed by atoms with Gasteiger partial charge in [0.05, 0.1) is 10.9 Å². The van der Waals surface area contributed by atoms with E-state index in [9.17, 15) is 8.42 Å². The smallest absolute Gasteiger partial charge is 0.207 e. The Bertz CT molecular complexity index is 793. The molecule has 114 valence electrons. The fourth-order valence-electron chi connectivity index (χ4n) is 2.83. The maximum atomic E-state index is 13.0. The highest BCUT2D eigenvalue weighted by Gasteiger charge is 2.36. The Kier molecular flexibility index (Phi) is 3.89. The number of rotatable bonds is 3. The topological polar surface area (TPSA) is 37.4 Å². The van der Waals surface area contributed by atoms with Crippen LogP contribution >= 0.6 is 0 Å². The van der Waals surface area contributed by atoms with Gasteiger partial charge in [0.25, 0.3) is 0 Å². The van der Waals surface area contributed by atoms with E-state index in [1.807, 2.05) is 62.4 Å². The summed E-state index contributed by atoms with van der Waals surface area (Å²) < 4.78 is 27.5. The van der Waals surface area contributed by atoms with Crippen LogP contribution in [0.25, 0.3) is 0 Å². The van der Waals surface area contributed by atoms with Crippen molar-refractivity contribution in [3.8, 4) is 0 Å². The largest absolute Gasteiger partial charge is 0.244 e. The molecule has 1 heterocycles. The Morgan fingerprint density at radius 1 is 0.955 bits per heavy atom. The predicted molar refractivity (Wildman–Crippen MR) is 88.0 cm³/mol. The van der Waals surface area contributed by atoms with Crippen molar-refractivity contribution in [3.05, 3.63) is 77.4 Å². The van der Waals surface area contributed by atoms with Crippen LogP contribution in [0.2, 0.25) is 0 Å². The third kappa shape index (κ3) is 2.60. The number of sulfonamides is 1. The lowest BCUT2D eigenvalue weighted by molar-refractivity contribution is 0.409. The van der Waals surface area contributed by atoms with Crippen molar-refractivity contribution >= 4 is 10.0 Å². The van der Waals surface area contributed by atoms with Crippen molar-refractivity contribution in [2.75, 3.05) is 6.54 Å². The zero-order valence-electron chi connectivity index (χ0n) is 12.7. The van der Waals surface area contributed by atoms with Crippen LogP contribution in [-0.2, 0) is 10.0 Å². The number of benzene rings is 2. The van der Waals surface area contributed by atoms with Crippen LogP contribution in [0.3, 0.4) is 0 Å². The van der Waals surface area contributed by atoms with E-state index >= 15 is 0 Å². The summed E-state index contributed by atoms with van der Waals surface area (Å²) >= 11 is 0. The maximum absolute atomic E-state index is 13.0. The monoisotopic (exact) mass is 313 g/mol. The Morgan fingerprint density at radius 2 is 1.59 bits per heavy atom. The average Bonchev–Trinajstić information content (AvgIpc) is 2.91. The van der Waals surface area contributed by atoms with Gasteiger partial charge in [-0.05, 0) is 31.5 Å². The third-order valence-corrected chi connectivity index (χ3v) is 5.90. The minimum absolute atomic E-state index is 0.215. The minimum Gasteiger partial charge on any atom is -0.207 e. The van der Waals surface area contributed by atoms with Gasteiger partial charge in [-0.1, -0.05) is 59.7 Å². The summed E-state index contributed by atoms with van der Waals surface area (Å²) in [5, 5.41) is 0. The van der Waals surface area contributed by atoms with Crippen molar-refractivity contribution in [1.29, 1.82) is 0 Å². The first-order chi connectivity index (χ1) is 10.5. The molecular weight excluding hydrogens is 294 g/mol. The molecule has 0 N–H and O–H groups in total. The Labute approximate surface area is 132 Å². The molecule has 1 unspecified atom stereocenters. The van der Waals surface area contributed by atoms with Crippen molar-refractivity contribution in [2.24, 2.45) is 0 Å². The molecule has 2 aromatic carbocycles. The van der Waals surface area contributed by atoms with Gasteiger partial charge in [-0.3, -0.25) is 0 Å². The molecule has 0 bridgehead atoms. The highest BCUT2D eigenvalue weighted by molar-refractivity contribution is 7.89. The SMILES string of the molecule is CC1=CCN(S(=O)(=O)c2ccc(C)cc2)C1c1ccccc1. The molecule has 2 aromatic rings. The second-order valence-electron chi connectivity index (χ2n) is 5.65. The van der Waals surface area contributed by atoms with Crippen LogP contribution < -0.4 is 0 Å². The van der Waals surface area contributed by atoms with Crippen LogP contribution in [0.15, 0.2) is 71.1 Å². The molecule has 1 atom stereocenters. The lowest BCUT2D eigenvalue weighted by Crippen LogP contribution is -2.32. The third-order valence-electron chi connectivity index (χ3n) is 4.06. The normalized spacial score (nSPS) is 19.2. The van der Waals surface area contributed by atoms with Crippen LogP contribution in [0.5, 0.6) is 0 Å². The van der Waals surface area contributed by atoms with Crippen molar-refractivity contribution in [2.45, 2.75) is 24.8 Å². The van der Waals surface area contributed by atoms with E-state index < -0.39 is 10.0 Å². The quantitative estimate of drug-likeness (QED) is 0.811. The summed E-state index contributed by atoms with van der Waals surface area (Å²) in [5.74, 6) is 0. The van der Waals surface area contributed by atoms with Crippen molar-refractivity contribution in [1.82, 2.24) is 4.31 Å². The molecule has 0 amide bonds. The van der Waals surface area contributed by atoms with Gasteiger partial charge in [-0.15, -0.1) is 0 Å². The molecule has 3 nitrogen and oxygen atoms in total. The molecule has 22 heavy (non-hydrogen) atoms. The van der Waals surface area contributed by atoms with Gasteiger partial charge in [0.2, 0.25) is 10.0 Å². The Morgan fingerprint density at radius 3 is 2.23 bits per heavy atom. The van der Waals surface area contributed by atoms with Gasteiger partial charge in [0, 0.05) is 6.54 Å². The first kappa shape index (κ1) is 15.0. The number of nitrogens with zero attached hydrogens (tertiary/aromatic N) is 1. The predicted octanol–water partition coefficient (Wildman–Crippen LogP) is 3.69. The molecule has 1 aliphatic rings. The Hall–Kier alpha value is -1.91. The van der Waals surface area contributed by atoms with E-state index in [4.69, 9.17) is 0 Å². The van der Waals surface area contributed by atoms with Crippen LogP contribution in [0.1, 0.15) is 24.1 Å². The first-order valence-corrected chi connectivity index (χ1v) is 8.74. The standard InChI is InChI=1S/C18H19NO2S/c1-14-8-10-17(11-9-14)22(20,21)19-13-12-15(2)18(19)16-6-4-3-5-7-16/h3-12,18H,13H2,1-2H3. The minimum atomic E-state index is -3.50. The molecule has 0 saturated heterocycles. The van der Waals surface area contributed by atoms with Crippen molar-refractivity contribution in [3.63, 3.8) is 0 Å². The summed E-state index contributed by atoms with van der Waals surface area (Å²) in [6, 6.07) is 16.6. The highest BCUT2D eigenvalue weighted by Crippen LogP contribution is 2.37. The van der Waals surface area contributed by atoms with Crippen LogP contribution in [0.4, 0.5) is 0 Å². The summed E-state index contributed by atoms with van der Waals surface area (Å²) in [4.78, 5) is 0.349. The van der Waals surface area contributed by atoms with Gasteiger partial charge in [0.1, 0.15) is 0 Å². The molecule has 4 heteroatoms. The van der Waals surface area contributed by atoms with Crippen LogP contribution in [-0.4, -0.2) is 19.3 Å². The second-order valence-corrected chi connectivity index (χ2v) is 7.54. The van der Waals surface area contributed by atoms with Gasteiger partial charge < -0.3 is 0 Å². The van der Waals surface area contributed by atoms with E-state index in [2.05, 4.69) is 0 Å². The molecule has 0 radical (unpaired) electrons. The zero-order chi connectivity index (χ0) is 15.7. The van der Waals surface area contributed by atoms with E-state index in [0.717, 1.165) is 16.7 Å². The zero-order valence-corrected chi connectivity index (χ0v) is 13.5. The molecule has 0 spiro atoms. The van der Waals surface area contributed by atoms with Gasteiger partial charge >= 0.3 is 0 Å². The summed E-state index contributed by atoms with van der Waals surface area (Å²) in [6.07, 6.45) is 1.99. The molecule has 1 aliphatic heterocycles. The maximum Gasteiger partial charge on any atom is 0.244 e.